The summed E-state index contributed by atoms with van der Waals surface area (Å²) in [5.41, 5.74) is 2.04. The molecule has 0 radical (unpaired) electrons. The zero-order chi connectivity index (χ0) is 22.0. The quantitative estimate of drug-likeness (QED) is 0.466. The van der Waals surface area contributed by atoms with E-state index in [1.807, 2.05) is 30.3 Å². The van der Waals surface area contributed by atoms with E-state index in [2.05, 4.69) is 30.8 Å². The molecule has 0 atom stereocenters. The van der Waals surface area contributed by atoms with Gasteiger partial charge in [0.1, 0.15) is 10.0 Å². The number of carbonyl (C=O) groups is 1. The van der Waals surface area contributed by atoms with Crippen LogP contribution in [0.5, 0.6) is 0 Å². The van der Waals surface area contributed by atoms with Crippen LogP contribution >= 0.6 is 11.3 Å². The van der Waals surface area contributed by atoms with E-state index in [-0.39, 0.29) is 17.3 Å². The number of carbonyl (C=O) groups excluding carboxylic acids is 1. The highest BCUT2D eigenvalue weighted by Gasteiger charge is 2.16. The molecule has 1 aromatic carbocycles. The summed E-state index contributed by atoms with van der Waals surface area (Å²) < 4.78 is 24.7. The summed E-state index contributed by atoms with van der Waals surface area (Å²) >= 11 is 1.39. The normalized spacial score (nSPS) is 11.4. The molecule has 4 aromatic rings. The van der Waals surface area contributed by atoms with Crippen molar-refractivity contribution >= 4 is 27.1 Å². The molecule has 0 unspecified atom stereocenters. The Hall–Kier alpha value is -3.51. The second-order valence-electron chi connectivity index (χ2n) is 6.62. The Morgan fingerprint density at radius 3 is 2.58 bits per heavy atom. The van der Waals surface area contributed by atoms with Crippen molar-refractivity contribution in [2.45, 2.75) is 18.5 Å². The average Bonchev–Trinajstić information content (AvgIpc) is 3.42. The first-order chi connectivity index (χ1) is 14.8. The van der Waals surface area contributed by atoms with Crippen molar-refractivity contribution in [3.05, 3.63) is 65.1 Å². The van der Waals surface area contributed by atoms with E-state index in [0.29, 0.717) is 16.4 Å². The van der Waals surface area contributed by atoms with Gasteiger partial charge in [-0.3, -0.25) is 4.79 Å². The summed E-state index contributed by atoms with van der Waals surface area (Å²) in [6, 6.07) is 12.6. The fourth-order valence-electron chi connectivity index (χ4n) is 2.73. The molecule has 3 aromatic heterocycles. The van der Waals surface area contributed by atoms with Gasteiger partial charge in [-0.05, 0) is 19.1 Å². The highest BCUT2D eigenvalue weighted by atomic mass is 32.2. The summed E-state index contributed by atoms with van der Waals surface area (Å²) in [7, 11) is -3.41. The van der Waals surface area contributed by atoms with Crippen LogP contribution in [0, 0.1) is 6.92 Å². The first-order valence-electron chi connectivity index (χ1n) is 9.08. The number of aryl methyl sites for hydroxylation is 1. The van der Waals surface area contributed by atoms with Crippen LogP contribution in [0.2, 0.25) is 0 Å². The highest BCUT2D eigenvalue weighted by molar-refractivity contribution is 7.90. The molecular weight excluding hydrogens is 438 g/mol. The first kappa shape index (κ1) is 20.8. The third-order valence-electron chi connectivity index (χ3n) is 4.27. The van der Waals surface area contributed by atoms with E-state index in [0.717, 1.165) is 16.8 Å². The number of pyridine rings is 1. The number of nitrogens with zero attached hydrogens (tertiary/aromatic N) is 6. The fourth-order valence-corrected chi connectivity index (χ4v) is 4.14. The van der Waals surface area contributed by atoms with E-state index in [1.54, 1.807) is 13.0 Å². The van der Waals surface area contributed by atoms with Crippen molar-refractivity contribution in [1.29, 1.82) is 0 Å². The minimum atomic E-state index is -3.41. The number of rotatable bonds is 6. The Bertz CT molecular complexity index is 1350. The van der Waals surface area contributed by atoms with Crippen LogP contribution in [0.4, 0.5) is 0 Å². The highest BCUT2D eigenvalue weighted by Crippen LogP contribution is 2.23. The Balaban J connectivity index is 1.44. The number of nitrogens with one attached hydrogen (secondary N) is 1. The number of amides is 1. The van der Waals surface area contributed by atoms with Gasteiger partial charge >= 0.3 is 0 Å². The number of hydrogen-bond acceptors (Lipinski definition) is 9. The molecular formula is C19H17N7O3S2. The van der Waals surface area contributed by atoms with E-state index in [4.69, 9.17) is 0 Å². The molecule has 0 saturated heterocycles. The Labute approximate surface area is 181 Å². The molecule has 0 aliphatic heterocycles. The predicted molar refractivity (Wildman–Crippen MR) is 114 cm³/mol. The molecule has 0 spiro atoms. The van der Waals surface area contributed by atoms with Gasteiger partial charge in [0.15, 0.2) is 20.6 Å². The van der Waals surface area contributed by atoms with Gasteiger partial charge in [0, 0.05) is 11.8 Å². The molecule has 1 amide bonds. The summed E-state index contributed by atoms with van der Waals surface area (Å²) in [6.07, 6.45) is 2.54. The molecule has 0 saturated carbocycles. The molecule has 31 heavy (non-hydrogen) atoms. The van der Waals surface area contributed by atoms with Gasteiger partial charge in [-0.2, -0.15) is 0 Å². The standard InChI is InChI=1S/C19H17N7O3S2/c1-12-15(8-9-17(21-12)31(2,28)29)26-11-14(22-25-26)18(27)20-10-16-23-24-19(30-16)13-6-4-3-5-7-13/h3-9,11H,10H2,1-2H3,(H,20,27). The minimum absolute atomic E-state index is 0.0289. The monoisotopic (exact) mass is 455 g/mol. The van der Waals surface area contributed by atoms with Crippen molar-refractivity contribution in [1.82, 2.24) is 35.5 Å². The first-order valence-corrected chi connectivity index (χ1v) is 11.8. The molecule has 4 rings (SSSR count). The number of aromatic nitrogens is 6. The van der Waals surface area contributed by atoms with Gasteiger partial charge in [-0.1, -0.05) is 46.9 Å². The number of hydrogen-bond donors (Lipinski definition) is 1. The van der Waals surface area contributed by atoms with Gasteiger partial charge < -0.3 is 5.32 Å². The van der Waals surface area contributed by atoms with Crippen molar-refractivity contribution < 1.29 is 13.2 Å². The van der Waals surface area contributed by atoms with E-state index < -0.39 is 15.7 Å². The van der Waals surface area contributed by atoms with Gasteiger partial charge in [-0.25, -0.2) is 18.1 Å². The summed E-state index contributed by atoms with van der Waals surface area (Å²) in [5.74, 6) is -0.416. The van der Waals surface area contributed by atoms with Crippen LogP contribution in [-0.4, -0.2) is 50.8 Å². The fraction of sp³-hybridized carbons (Fsp3) is 0.158. The van der Waals surface area contributed by atoms with Crippen molar-refractivity contribution in [3.8, 4) is 16.3 Å². The third kappa shape index (κ3) is 4.64. The van der Waals surface area contributed by atoms with Crippen LogP contribution in [0.15, 0.2) is 53.7 Å². The van der Waals surface area contributed by atoms with Crippen LogP contribution in [-0.2, 0) is 16.4 Å². The Morgan fingerprint density at radius 2 is 1.87 bits per heavy atom. The zero-order valence-electron chi connectivity index (χ0n) is 16.6. The smallest absolute Gasteiger partial charge is 0.273 e. The average molecular weight is 456 g/mol. The van der Waals surface area contributed by atoms with Crippen molar-refractivity contribution in [3.63, 3.8) is 0 Å². The Morgan fingerprint density at radius 1 is 1.10 bits per heavy atom. The van der Waals surface area contributed by atoms with Gasteiger partial charge in [0.05, 0.1) is 24.1 Å². The molecule has 3 heterocycles. The lowest BCUT2D eigenvalue weighted by atomic mass is 10.2. The van der Waals surface area contributed by atoms with Crippen molar-refractivity contribution in [2.24, 2.45) is 0 Å². The SMILES string of the molecule is Cc1nc(S(C)(=O)=O)ccc1-n1cc(C(=O)NCc2nnc(-c3ccccc3)s2)nn1. The summed E-state index contributed by atoms with van der Waals surface area (Å²) in [4.78, 5) is 16.5. The van der Waals surface area contributed by atoms with E-state index in [1.165, 1.54) is 28.3 Å². The summed E-state index contributed by atoms with van der Waals surface area (Å²) in [6.45, 7) is 1.87. The van der Waals surface area contributed by atoms with Crippen LogP contribution in [0.1, 0.15) is 21.2 Å². The third-order valence-corrected chi connectivity index (χ3v) is 6.23. The topological polar surface area (TPSA) is 133 Å². The number of sulfone groups is 1. The van der Waals surface area contributed by atoms with E-state index >= 15 is 0 Å². The summed E-state index contributed by atoms with van der Waals surface area (Å²) in [5, 5.41) is 20.3. The molecule has 0 fully saturated rings. The maximum absolute atomic E-state index is 12.4. The molecule has 158 valence electrons. The van der Waals surface area contributed by atoms with Gasteiger partial charge in [0.2, 0.25) is 0 Å². The molecule has 1 N–H and O–H groups in total. The molecule has 0 aliphatic carbocycles. The maximum atomic E-state index is 12.4. The second-order valence-corrected chi connectivity index (χ2v) is 9.65. The van der Waals surface area contributed by atoms with Crippen LogP contribution < -0.4 is 5.32 Å². The lowest BCUT2D eigenvalue weighted by Gasteiger charge is -2.05. The Kier molecular flexibility index (Phi) is 5.57. The maximum Gasteiger partial charge on any atom is 0.273 e. The lowest BCUT2D eigenvalue weighted by molar-refractivity contribution is 0.0945. The lowest BCUT2D eigenvalue weighted by Crippen LogP contribution is -2.23. The minimum Gasteiger partial charge on any atom is -0.344 e. The molecule has 0 aliphatic rings. The molecule has 10 nitrogen and oxygen atoms in total. The van der Waals surface area contributed by atoms with Crippen molar-refractivity contribution in [2.75, 3.05) is 6.26 Å². The zero-order valence-corrected chi connectivity index (χ0v) is 18.2. The number of benzene rings is 1. The van der Waals surface area contributed by atoms with Crippen LogP contribution in [0.25, 0.3) is 16.3 Å². The predicted octanol–water partition coefficient (Wildman–Crippen LogP) is 1.82. The molecule has 0 bridgehead atoms. The van der Waals surface area contributed by atoms with Crippen LogP contribution in [0.3, 0.4) is 0 Å². The van der Waals surface area contributed by atoms with E-state index in [9.17, 15) is 13.2 Å². The van der Waals surface area contributed by atoms with Gasteiger partial charge in [-0.15, -0.1) is 15.3 Å². The molecule has 12 heteroatoms. The van der Waals surface area contributed by atoms with Gasteiger partial charge in [0.25, 0.3) is 5.91 Å². The second kappa shape index (κ2) is 8.32. The largest absolute Gasteiger partial charge is 0.344 e.